The molecule has 1 fully saturated rings. The van der Waals surface area contributed by atoms with Crippen LogP contribution in [0.5, 0.6) is 0 Å². The highest BCUT2D eigenvalue weighted by Crippen LogP contribution is 2.33. The van der Waals surface area contributed by atoms with Gasteiger partial charge in [0.15, 0.2) is 5.82 Å². The van der Waals surface area contributed by atoms with E-state index in [1.165, 1.54) is 11.1 Å². The highest BCUT2D eigenvalue weighted by Gasteiger charge is 2.31. The molecule has 0 aliphatic carbocycles. The summed E-state index contributed by atoms with van der Waals surface area (Å²) in [5.74, 6) is 1.15. The fourth-order valence-electron chi connectivity index (χ4n) is 2.90. The maximum atomic E-state index is 12.5. The Labute approximate surface area is 123 Å². The van der Waals surface area contributed by atoms with Crippen LogP contribution < -0.4 is 5.32 Å². The van der Waals surface area contributed by atoms with E-state index < -0.39 is 0 Å². The predicted octanol–water partition coefficient (Wildman–Crippen LogP) is 3.66. The predicted molar refractivity (Wildman–Crippen MR) is 80.1 cm³/mol. The van der Waals surface area contributed by atoms with E-state index in [1.807, 2.05) is 17.0 Å². The smallest absolute Gasteiger partial charge is 0.323 e. The van der Waals surface area contributed by atoms with E-state index in [2.05, 4.69) is 29.5 Å². The summed E-state index contributed by atoms with van der Waals surface area (Å²) in [6.45, 7) is 4.65. The minimum Gasteiger partial charge on any atom is -0.360 e. The molecule has 2 aromatic rings. The minimum absolute atomic E-state index is 0.117. The molecule has 3 rings (SSSR count). The molecular formula is C16H19N3O2. The number of nitrogens with zero attached hydrogens (tertiary/aromatic N) is 2. The molecule has 0 unspecified atom stereocenters. The van der Waals surface area contributed by atoms with Gasteiger partial charge in [0.25, 0.3) is 0 Å². The Bertz CT molecular complexity index is 650. The summed E-state index contributed by atoms with van der Waals surface area (Å²) in [5, 5.41) is 6.61. The molecule has 1 N–H and O–H groups in total. The van der Waals surface area contributed by atoms with E-state index >= 15 is 0 Å². The van der Waals surface area contributed by atoms with E-state index in [1.54, 1.807) is 13.0 Å². The van der Waals surface area contributed by atoms with Crippen molar-refractivity contribution in [2.45, 2.75) is 32.7 Å². The molecule has 0 saturated carbocycles. The molecule has 0 radical (unpaired) electrons. The second kappa shape index (κ2) is 5.60. The topological polar surface area (TPSA) is 58.4 Å². The fraction of sp³-hybridized carbons (Fsp3) is 0.375. The van der Waals surface area contributed by atoms with Gasteiger partial charge in [-0.25, -0.2) is 4.79 Å². The summed E-state index contributed by atoms with van der Waals surface area (Å²) in [4.78, 5) is 14.3. The minimum atomic E-state index is -0.117. The van der Waals surface area contributed by atoms with Crippen molar-refractivity contribution < 1.29 is 9.32 Å². The second-order valence-electron chi connectivity index (χ2n) is 5.46. The number of rotatable bonds is 2. The lowest BCUT2D eigenvalue weighted by Gasteiger charge is -2.26. The summed E-state index contributed by atoms with van der Waals surface area (Å²) < 4.78 is 4.98. The number of urea groups is 1. The highest BCUT2D eigenvalue weighted by atomic mass is 16.5. The molecule has 0 spiro atoms. The normalized spacial score (nSPS) is 18.0. The third-order valence-corrected chi connectivity index (χ3v) is 3.92. The molecule has 1 aliphatic rings. The number of anilines is 1. The first kappa shape index (κ1) is 13.7. The van der Waals surface area contributed by atoms with Crippen LogP contribution >= 0.6 is 0 Å². The van der Waals surface area contributed by atoms with Crippen LogP contribution in [0, 0.1) is 13.8 Å². The van der Waals surface area contributed by atoms with Gasteiger partial charge in [0.05, 0.1) is 6.04 Å². The van der Waals surface area contributed by atoms with Crippen molar-refractivity contribution in [2.24, 2.45) is 0 Å². The first-order valence-corrected chi connectivity index (χ1v) is 7.21. The molecule has 1 saturated heterocycles. The molecule has 0 bridgehead atoms. The zero-order chi connectivity index (χ0) is 14.8. The molecule has 1 aromatic heterocycles. The van der Waals surface area contributed by atoms with Crippen LogP contribution in [-0.2, 0) is 0 Å². The second-order valence-corrected chi connectivity index (χ2v) is 5.46. The van der Waals surface area contributed by atoms with Gasteiger partial charge in [-0.1, -0.05) is 29.4 Å². The maximum Gasteiger partial charge on any atom is 0.323 e. The van der Waals surface area contributed by atoms with Crippen LogP contribution in [0.2, 0.25) is 0 Å². The molecule has 5 heteroatoms. The maximum absolute atomic E-state index is 12.5. The van der Waals surface area contributed by atoms with Gasteiger partial charge in [-0.15, -0.1) is 0 Å². The number of nitrogens with one attached hydrogen (secondary N) is 1. The number of amides is 2. The number of benzene rings is 1. The Balaban J connectivity index is 1.77. The number of aryl methyl sites for hydroxylation is 2. The van der Waals surface area contributed by atoms with Crippen LogP contribution in [0.15, 0.2) is 34.9 Å². The summed E-state index contributed by atoms with van der Waals surface area (Å²) in [7, 11) is 0. The van der Waals surface area contributed by atoms with E-state index in [9.17, 15) is 4.79 Å². The van der Waals surface area contributed by atoms with E-state index in [0.717, 1.165) is 19.4 Å². The average molecular weight is 285 g/mol. The lowest BCUT2D eigenvalue weighted by atomic mass is 9.99. The number of carbonyl (C=O) groups excluding carboxylic acids is 1. The van der Waals surface area contributed by atoms with Crippen molar-refractivity contribution in [3.63, 3.8) is 0 Å². The van der Waals surface area contributed by atoms with Crippen molar-refractivity contribution in [1.29, 1.82) is 0 Å². The van der Waals surface area contributed by atoms with Gasteiger partial charge in [-0.2, -0.15) is 0 Å². The van der Waals surface area contributed by atoms with Crippen LogP contribution in [0.4, 0.5) is 10.6 Å². The largest absolute Gasteiger partial charge is 0.360 e. The number of hydrogen-bond acceptors (Lipinski definition) is 3. The monoisotopic (exact) mass is 285 g/mol. The quantitative estimate of drug-likeness (QED) is 0.916. The van der Waals surface area contributed by atoms with Crippen LogP contribution in [-0.4, -0.2) is 22.6 Å². The van der Waals surface area contributed by atoms with Gasteiger partial charge in [-0.3, -0.25) is 5.32 Å². The van der Waals surface area contributed by atoms with Gasteiger partial charge >= 0.3 is 6.03 Å². The standard InChI is InChI=1S/C16H19N3O2/c1-11-6-3-4-7-13(11)14-8-5-9-19(14)16(20)17-15-10-12(2)21-18-15/h3-4,6-7,10,14H,5,8-9H2,1-2H3,(H,17,18,20)/t14-/m1/s1. The van der Waals surface area contributed by atoms with Gasteiger partial charge in [0.2, 0.25) is 0 Å². The highest BCUT2D eigenvalue weighted by molar-refractivity contribution is 5.88. The van der Waals surface area contributed by atoms with Crippen molar-refractivity contribution in [2.75, 3.05) is 11.9 Å². The SMILES string of the molecule is Cc1cc(NC(=O)N2CCC[C@@H]2c2ccccc2C)no1. The Hall–Kier alpha value is -2.30. The van der Waals surface area contributed by atoms with E-state index in [-0.39, 0.29) is 12.1 Å². The summed E-state index contributed by atoms with van der Waals surface area (Å²) in [6.07, 6.45) is 2.01. The Morgan fingerprint density at radius 2 is 2.19 bits per heavy atom. The van der Waals surface area contributed by atoms with E-state index in [4.69, 9.17) is 4.52 Å². The van der Waals surface area contributed by atoms with Gasteiger partial charge in [0, 0.05) is 12.6 Å². The van der Waals surface area contributed by atoms with Gasteiger partial charge in [0.1, 0.15) is 5.76 Å². The Morgan fingerprint density at radius 1 is 1.38 bits per heavy atom. The molecule has 1 atom stereocenters. The third-order valence-electron chi connectivity index (χ3n) is 3.92. The number of aromatic nitrogens is 1. The third kappa shape index (κ3) is 2.77. The van der Waals surface area contributed by atoms with Gasteiger partial charge < -0.3 is 9.42 Å². The molecule has 5 nitrogen and oxygen atoms in total. The zero-order valence-electron chi connectivity index (χ0n) is 12.3. The number of hydrogen-bond donors (Lipinski definition) is 1. The summed E-state index contributed by atoms with van der Waals surface area (Å²) in [5.41, 5.74) is 2.45. The first-order chi connectivity index (χ1) is 10.1. The molecule has 1 aliphatic heterocycles. The average Bonchev–Trinajstić information content (AvgIpc) is 3.08. The summed E-state index contributed by atoms with van der Waals surface area (Å²) in [6, 6.07) is 9.98. The zero-order valence-corrected chi connectivity index (χ0v) is 12.3. The fourth-order valence-corrected chi connectivity index (χ4v) is 2.90. The molecule has 21 heavy (non-hydrogen) atoms. The van der Waals surface area contributed by atoms with Crippen LogP contribution in [0.1, 0.15) is 35.8 Å². The Morgan fingerprint density at radius 3 is 2.90 bits per heavy atom. The van der Waals surface area contributed by atoms with Crippen LogP contribution in [0.25, 0.3) is 0 Å². The first-order valence-electron chi connectivity index (χ1n) is 7.21. The van der Waals surface area contributed by atoms with Crippen molar-refractivity contribution in [3.05, 3.63) is 47.2 Å². The molecule has 2 heterocycles. The van der Waals surface area contributed by atoms with Crippen molar-refractivity contribution in [1.82, 2.24) is 10.1 Å². The molecule has 110 valence electrons. The number of carbonyl (C=O) groups is 1. The van der Waals surface area contributed by atoms with Crippen molar-refractivity contribution in [3.8, 4) is 0 Å². The Kier molecular flexibility index (Phi) is 3.64. The van der Waals surface area contributed by atoms with Crippen LogP contribution in [0.3, 0.4) is 0 Å². The summed E-state index contributed by atoms with van der Waals surface area (Å²) >= 11 is 0. The van der Waals surface area contributed by atoms with Gasteiger partial charge in [-0.05, 0) is 37.8 Å². The van der Waals surface area contributed by atoms with E-state index in [0.29, 0.717) is 11.6 Å². The molecular weight excluding hydrogens is 266 g/mol. The number of likely N-dealkylation sites (tertiary alicyclic amines) is 1. The molecule has 1 aromatic carbocycles. The molecule has 2 amide bonds. The lowest BCUT2D eigenvalue weighted by molar-refractivity contribution is 0.206. The lowest BCUT2D eigenvalue weighted by Crippen LogP contribution is -2.34. The van der Waals surface area contributed by atoms with Crippen molar-refractivity contribution >= 4 is 11.8 Å².